The van der Waals surface area contributed by atoms with Gasteiger partial charge in [0.1, 0.15) is 17.5 Å². The monoisotopic (exact) mass is 335 g/mol. The van der Waals surface area contributed by atoms with Crippen molar-refractivity contribution in [1.29, 1.82) is 0 Å². The van der Waals surface area contributed by atoms with Crippen molar-refractivity contribution in [3.8, 4) is 0 Å². The van der Waals surface area contributed by atoms with Crippen molar-refractivity contribution in [2.24, 2.45) is 0 Å². The third-order valence-corrected chi connectivity index (χ3v) is 3.83. The Labute approximate surface area is 142 Å². The molecule has 7 heteroatoms. The van der Waals surface area contributed by atoms with E-state index < -0.39 is 17.7 Å². The number of carbonyl (C=O) groups excluding carboxylic acids is 2. The number of amides is 2. The molecule has 1 aromatic rings. The minimum atomic E-state index is -0.628. The van der Waals surface area contributed by atoms with Crippen LogP contribution in [0.4, 0.5) is 10.6 Å². The Kier molecular flexibility index (Phi) is 5.43. The molecule has 2 amide bonds. The van der Waals surface area contributed by atoms with Gasteiger partial charge in [-0.15, -0.1) is 0 Å². The van der Waals surface area contributed by atoms with E-state index in [0.717, 1.165) is 0 Å². The van der Waals surface area contributed by atoms with Crippen LogP contribution < -0.4 is 4.90 Å². The lowest BCUT2D eigenvalue weighted by molar-refractivity contribution is -0.122. The second-order valence-corrected chi connectivity index (χ2v) is 6.83. The molecule has 1 aliphatic rings. The Morgan fingerprint density at radius 1 is 1.33 bits per heavy atom. The highest BCUT2D eigenvalue weighted by Gasteiger charge is 2.43. The van der Waals surface area contributed by atoms with Crippen LogP contribution >= 0.6 is 0 Å². The lowest BCUT2D eigenvalue weighted by Gasteiger charge is -2.29. The fraction of sp³-hybridized carbons (Fsp3) is 0.588. The standard InChI is InChI=1S/C17H25N3O4/c1-17(2,3)24-16(22)20-11-12(23-5)10-13(20)15(21)19(4)14-8-6-7-9-18-14/h6-9,12-13H,10-11H2,1-5H3. The van der Waals surface area contributed by atoms with Gasteiger partial charge < -0.3 is 9.47 Å². The first-order valence-electron chi connectivity index (χ1n) is 7.94. The number of hydrogen-bond donors (Lipinski definition) is 0. The zero-order valence-electron chi connectivity index (χ0n) is 14.9. The smallest absolute Gasteiger partial charge is 0.411 e. The number of aromatic nitrogens is 1. The summed E-state index contributed by atoms with van der Waals surface area (Å²) in [4.78, 5) is 32.4. The maximum Gasteiger partial charge on any atom is 0.411 e. The van der Waals surface area contributed by atoms with E-state index in [2.05, 4.69) is 4.98 Å². The summed E-state index contributed by atoms with van der Waals surface area (Å²) in [5.74, 6) is 0.326. The van der Waals surface area contributed by atoms with E-state index in [0.29, 0.717) is 18.8 Å². The highest BCUT2D eigenvalue weighted by atomic mass is 16.6. The number of methoxy groups -OCH3 is 1. The fourth-order valence-corrected chi connectivity index (χ4v) is 2.61. The quantitative estimate of drug-likeness (QED) is 0.845. The molecule has 132 valence electrons. The molecule has 0 spiro atoms. The zero-order valence-corrected chi connectivity index (χ0v) is 14.9. The lowest BCUT2D eigenvalue weighted by atomic mass is 10.1. The molecule has 0 radical (unpaired) electrons. The van der Waals surface area contributed by atoms with E-state index in [4.69, 9.17) is 9.47 Å². The summed E-state index contributed by atoms with van der Waals surface area (Å²) in [6.45, 7) is 5.72. The maximum absolute atomic E-state index is 12.9. The van der Waals surface area contributed by atoms with Crippen molar-refractivity contribution < 1.29 is 19.1 Å². The average Bonchev–Trinajstić information content (AvgIpc) is 2.97. The van der Waals surface area contributed by atoms with Crippen LogP contribution in [0.25, 0.3) is 0 Å². The Morgan fingerprint density at radius 3 is 2.58 bits per heavy atom. The molecule has 1 aliphatic heterocycles. The van der Waals surface area contributed by atoms with Crippen molar-refractivity contribution in [2.75, 3.05) is 25.6 Å². The van der Waals surface area contributed by atoms with Gasteiger partial charge in [-0.05, 0) is 32.9 Å². The van der Waals surface area contributed by atoms with Gasteiger partial charge in [-0.25, -0.2) is 9.78 Å². The number of nitrogens with zero attached hydrogens (tertiary/aromatic N) is 3. The number of anilines is 1. The molecule has 2 atom stereocenters. The van der Waals surface area contributed by atoms with Crippen LogP contribution in [0, 0.1) is 0 Å². The molecular formula is C17H25N3O4. The molecule has 2 rings (SSSR count). The summed E-state index contributed by atoms with van der Waals surface area (Å²) in [5.41, 5.74) is -0.622. The Bertz CT molecular complexity index is 585. The summed E-state index contributed by atoms with van der Waals surface area (Å²) in [5, 5.41) is 0. The number of likely N-dealkylation sites (N-methyl/N-ethyl adjacent to an activating group) is 1. The predicted molar refractivity (Wildman–Crippen MR) is 89.8 cm³/mol. The van der Waals surface area contributed by atoms with Crippen LogP contribution in [0.1, 0.15) is 27.2 Å². The predicted octanol–water partition coefficient (Wildman–Crippen LogP) is 2.07. The van der Waals surface area contributed by atoms with E-state index in [1.165, 1.54) is 9.80 Å². The van der Waals surface area contributed by atoms with Gasteiger partial charge in [0.25, 0.3) is 5.91 Å². The molecule has 0 saturated carbocycles. The Morgan fingerprint density at radius 2 is 2.04 bits per heavy atom. The first-order chi connectivity index (χ1) is 11.2. The average molecular weight is 335 g/mol. The summed E-state index contributed by atoms with van der Waals surface area (Å²) < 4.78 is 10.8. The summed E-state index contributed by atoms with van der Waals surface area (Å²) in [6.07, 6.45) is 1.36. The summed E-state index contributed by atoms with van der Waals surface area (Å²) in [6, 6.07) is 4.71. The van der Waals surface area contributed by atoms with Gasteiger partial charge in [0.2, 0.25) is 0 Å². The number of rotatable bonds is 3. The second-order valence-electron chi connectivity index (χ2n) is 6.83. The number of likely N-dealkylation sites (tertiary alicyclic amines) is 1. The van der Waals surface area contributed by atoms with Gasteiger partial charge in [-0.1, -0.05) is 6.07 Å². The third kappa shape index (κ3) is 4.23. The number of carbonyl (C=O) groups is 2. The van der Waals surface area contributed by atoms with Gasteiger partial charge >= 0.3 is 6.09 Å². The maximum atomic E-state index is 12.9. The van der Waals surface area contributed by atoms with Crippen molar-refractivity contribution in [3.63, 3.8) is 0 Å². The SMILES string of the molecule is COC1CC(C(=O)N(C)c2ccccn2)N(C(=O)OC(C)(C)C)C1. The number of pyridine rings is 1. The first kappa shape index (κ1) is 18.2. The van der Waals surface area contributed by atoms with E-state index in [1.54, 1.807) is 53.3 Å². The van der Waals surface area contributed by atoms with Gasteiger partial charge in [-0.3, -0.25) is 14.6 Å². The van der Waals surface area contributed by atoms with Crippen LogP contribution in [-0.2, 0) is 14.3 Å². The van der Waals surface area contributed by atoms with Crippen molar-refractivity contribution >= 4 is 17.8 Å². The number of hydrogen-bond acceptors (Lipinski definition) is 5. The Hall–Kier alpha value is -2.15. The molecule has 1 saturated heterocycles. The Balaban J connectivity index is 2.18. The molecule has 1 aromatic heterocycles. The minimum absolute atomic E-state index is 0.191. The molecule has 0 aromatic carbocycles. The zero-order chi connectivity index (χ0) is 17.9. The summed E-state index contributed by atoms with van der Waals surface area (Å²) in [7, 11) is 3.23. The molecule has 24 heavy (non-hydrogen) atoms. The minimum Gasteiger partial charge on any atom is -0.444 e. The highest BCUT2D eigenvalue weighted by molar-refractivity contribution is 5.97. The van der Waals surface area contributed by atoms with Crippen LogP contribution in [0.5, 0.6) is 0 Å². The van der Waals surface area contributed by atoms with Gasteiger partial charge in [0, 0.05) is 26.8 Å². The molecule has 2 unspecified atom stereocenters. The molecule has 2 heterocycles. The van der Waals surface area contributed by atoms with E-state index in [-0.39, 0.29) is 12.0 Å². The topological polar surface area (TPSA) is 72.0 Å². The van der Waals surface area contributed by atoms with Crippen LogP contribution in [-0.4, -0.2) is 60.3 Å². The fourth-order valence-electron chi connectivity index (χ4n) is 2.61. The second kappa shape index (κ2) is 7.17. The van der Waals surface area contributed by atoms with Crippen LogP contribution in [0.2, 0.25) is 0 Å². The van der Waals surface area contributed by atoms with E-state index in [9.17, 15) is 9.59 Å². The molecule has 0 aliphatic carbocycles. The van der Waals surface area contributed by atoms with Gasteiger partial charge in [-0.2, -0.15) is 0 Å². The van der Waals surface area contributed by atoms with Crippen molar-refractivity contribution in [1.82, 2.24) is 9.88 Å². The number of ether oxygens (including phenoxy) is 2. The lowest BCUT2D eigenvalue weighted by Crippen LogP contribution is -2.48. The largest absolute Gasteiger partial charge is 0.444 e. The van der Waals surface area contributed by atoms with Crippen LogP contribution in [0.3, 0.4) is 0 Å². The first-order valence-corrected chi connectivity index (χ1v) is 7.94. The third-order valence-electron chi connectivity index (χ3n) is 3.83. The molecular weight excluding hydrogens is 310 g/mol. The van der Waals surface area contributed by atoms with Gasteiger partial charge in [0.15, 0.2) is 0 Å². The van der Waals surface area contributed by atoms with E-state index >= 15 is 0 Å². The van der Waals surface area contributed by atoms with Gasteiger partial charge in [0.05, 0.1) is 12.6 Å². The molecule has 0 bridgehead atoms. The summed E-state index contributed by atoms with van der Waals surface area (Å²) >= 11 is 0. The molecule has 0 N–H and O–H groups in total. The molecule has 7 nitrogen and oxygen atoms in total. The van der Waals surface area contributed by atoms with Crippen molar-refractivity contribution in [3.05, 3.63) is 24.4 Å². The van der Waals surface area contributed by atoms with E-state index in [1.807, 2.05) is 6.07 Å². The molecule has 1 fully saturated rings. The highest BCUT2D eigenvalue weighted by Crippen LogP contribution is 2.25. The normalized spacial score (nSPS) is 20.8. The van der Waals surface area contributed by atoms with Crippen LogP contribution in [0.15, 0.2) is 24.4 Å². The van der Waals surface area contributed by atoms with Crippen molar-refractivity contribution in [2.45, 2.75) is 44.9 Å².